The van der Waals surface area contributed by atoms with Crippen molar-refractivity contribution in [1.29, 1.82) is 0 Å². The van der Waals surface area contributed by atoms with E-state index in [1.807, 2.05) is 36.5 Å². The predicted molar refractivity (Wildman–Crippen MR) is 116 cm³/mol. The molecule has 3 N–H and O–H groups in total. The number of anilines is 1. The third-order valence-corrected chi connectivity index (χ3v) is 5.29. The van der Waals surface area contributed by atoms with E-state index in [2.05, 4.69) is 46.9 Å². The zero-order valence-electron chi connectivity index (χ0n) is 16.2. The molecule has 0 aliphatic carbocycles. The number of rotatable bonds is 7. The summed E-state index contributed by atoms with van der Waals surface area (Å²) in [6, 6.07) is 10.1. The van der Waals surface area contributed by atoms with E-state index in [9.17, 15) is 4.79 Å². The summed E-state index contributed by atoms with van der Waals surface area (Å²) in [4.78, 5) is 19.0. The van der Waals surface area contributed by atoms with Crippen molar-refractivity contribution < 1.29 is 4.79 Å². The highest BCUT2D eigenvalue weighted by Crippen LogP contribution is 2.22. The smallest absolute Gasteiger partial charge is 0.226 e. The summed E-state index contributed by atoms with van der Waals surface area (Å²) in [6.45, 7) is 6.68. The summed E-state index contributed by atoms with van der Waals surface area (Å²) in [6.07, 6.45) is 1.26. The van der Waals surface area contributed by atoms with Crippen LogP contribution in [0, 0.1) is 13.8 Å². The van der Waals surface area contributed by atoms with Crippen LogP contribution in [0.15, 0.2) is 35.3 Å². The van der Waals surface area contributed by atoms with Gasteiger partial charge in [-0.15, -0.1) is 11.3 Å². The Balaban J connectivity index is 1.74. The molecule has 27 heavy (non-hydrogen) atoms. The van der Waals surface area contributed by atoms with Gasteiger partial charge in [0, 0.05) is 42.2 Å². The van der Waals surface area contributed by atoms with Gasteiger partial charge in [-0.3, -0.25) is 9.79 Å². The average Bonchev–Trinajstić information content (AvgIpc) is 3.01. The maximum atomic E-state index is 12.1. The van der Waals surface area contributed by atoms with Crippen molar-refractivity contribution in [3.8, 4) is 0 Å². The Labute approximate surface area is 170 Å². The summed E-state index contributed by atoms with van der Waals surface area (Å²) in [7, 11) is 1.73. The first-order valence-electron chi connectivity index (χ1n) is 8.96. The second-order valence-electron chi connectivity index (χ2n) is 6.54. The quantitative estimate of drug-likeness (QED) is 0.478. The maximum Gasteiger partial charge on any atom is 0.226 e. The number of benzene rings is 1. The Hall–Kier alpha value is -2.05. The molecule has 1 aromatic carbocycles. The molecule has 0 aliphatic rings. The Morgan fingerprint density at radius 2 is 2.04 bits per heavy atom. The second kappa shape index (κ2) is 10.3. The van der Waals surface area contributed by atoms with Crippen molar-refractivity contribution in [3.63, 3.8) is 0 Å². The van der Waals surface area contributed by atoms with Gasteiger partial charge in [-0.2, -0.15) is 0 Å². The van der Waals surface area contributed by atoms with Gasteiger partial charge in [-0.1, -0.05) is 17.7 Å². The standard InChI is InChI=1S/C20H27ClN4OS/c1-13-5-8-18(17(21)11-13)25-19(26)9-10-23-20(22-4)24-14(2)12-16-7-6-15(3)27-16/h5-8,11,14H,9-10,12H2,1-4H3,(H,25,26)(H2,22,23,24). The number of aliphatic imine (C=N–C) groups is 1. The van der Waals surface area contributed by atoms with Crippen molar-refractivity contribution in [2.45, 2.75) is 39.7 Å². The molecule has 5 nitrogen and oxygen atoms in total. The third-order valence-electron chi connectivity index (χ3n) is 3.95. The summed E-state index contributed by atoms with van der Waals surface area (Å²) in [5.74, 6) is 0.600. The molecule has 7 heteroatoms. The molecule has 0 bridgehead atoms. The van der Waals surface area contributed by atoms with E-state index in [-0.39, 0.29) is 11.9 Å². The van der Waals surface area contributed by atoms with Gasteiger partial charge in [0.15, 0.2) is 5.96 Å². The minimum atomic E-state index is -0.0918. The fourth-order valence-corrected chi connectivity index (χ4v) is 3.91. The van der Waals surface area contributed by atoms with Crippen molar-refractivity contribution in [2.24, 2.45) is 4.99 Å². The molecule has 146 valence electrons. The van der Waals surface area contributed by atoms with Crippen LogP contribution in [-0.4, -0.2) is 31.5 Å². The van der Waals surface area contributed by atoms with Gasteiger partial charge in [0.25, 0.3) is 0 Å². The number of carbonyl (C=O) groups excluding carboxylic acids is 1. The number of nitrogens with zero attached hydrogens (tertiary/aromatic N) is 1. The Morgan fingerprint density at radius 3 is 2.67 bits per heavy atom. The van der Waals surface area contributed by atoms with E-state index < -0.39 is 0 Å². The molecule has 2 rings (SSSR count). The van der Waals surface area contributed by atoms with E-state index >= 15 is 0 Å². The number of thiophene rings is 1. The van der Waals surface area contributed by atoms with E-state index in [1.165, 1.54) is 9.75 Å². The van der Waals surface area contributed by atoms with Crippen LogP contribution in [0.5, 0.6) is 0 Å². The number of hydrogen-bond acceptors (Lipinski definition) is 3. The monoisotopic (exact) mass is 406 g/mol. The molecule has 1 atom stereocenters. The minimum absolute atomic E-state index is 0.0918. The minimum Gasteiger partial charge on any atom is -0.356 e. The number of aryl methyl sites for hydroxylation is 2. The molecule has 0 saturated heterocycles. The predicted octanol–water partition coefficient (Wildman–Crippen LogP) is 4.14. The van der Waals surface area contributed by atoms with E-state index in [1.54, 1.807) is 7.05 Å². The molecule has 1 amide bonds. The largest absolute Gasteiger partial charge is 0.356 e. The first kappa shape index (κ1) is 21.3. The van der Waals surface area contributed by atoms with Gasteiger partial charge in [0.1, 0.15) is 0 Å². The number of amides is 1. The van der Waals surface area contributed by atoms with Crippen LogP contribution in [0.1, 0.15) is 28.7 Å². The van der Waals surface area contributed by atoms with Crippen LogP contribution in [0.4, 0.5) is 5.69 Å². The van der Waals surface area contributed by atoms with Gasteiger partial charge in [0.2, 0.25) is 5.91 Å². The molecule has 0 spiro atoms. The Morgan fingerprint density at radius 1 is 1.26 bits per heavy atom. The van der Waals surface area contributed by atoms with Gasteiger partial charge in [0.05, 0.1) is 10.7 Å². The molecule has 0 radical (unpaired) electrons. The normalized spacial score (nSPS) is 12.6. The zero-order valence-corrected chi connectivity index (χ0v) is 17.8. The van der Waals surface area contributed by atoms with Crippen LogP contribution in [0.25, 0.3) is 0 Å². The molecule has 1 heterocycles. The third kappa shape index (κ3) is 7.23. The topological polar surface area (TPSA) is 65.5 Å². The van der Waals surface area contributed by atoms with Crippen LogP contribution < -0.4 is 16.0 Å². The first-order chi connectivity index (χ1) is 12.9. The van der Waals surface area contributed by atoms with Crippen LogP contribution in [-0.2, 0) is 11.2 Å². The van der Waals surface area contributed by atoms with Crippen LogP contribution in [0.2, 0.25) is 5.02 Å². The van der Waals surface area contributed by atoms with Crippen molar-refractivity contribution in [2.75, 3.05) is 18.9 Å². The fraction of sp³-hybridized carbons (Fsp3) is 0.400. The van der Waals surface area contributed by atoms with Gasteiger partial charge in [-0.25, -0.2) is 0 Å². The van der Waals surface area contributed by atoms with Crippen LogP contribution >= 0.6 is 22.9 Å². The summed E-state index contributed by atoms with van der Waals surface area (Å²) in [5.41, 5.74) is 1.69. The van der Waals surface area contributed by atoms with Crippen molar-refractivity contribution in [1.82, 2.24) is 10.6 Å². The molecule has 0 fully saturated rings. The Kier molecular flexibility index (Phi) is 8.13. The lowest BCUT2D eigenvalue weighted by molar-refractivity contribution is -0.116. The fourth-order valence-electron chi connectivity index (χ4n) is 2.60. The van der Waals surface area contributed by atoms with Gasteiger partial charge < -0.3 is 16.0 Å². The number of nitrogens with one attached hydrogen (secondary N) is 3. The Bertz CT molecular complexity index is 803. The van der Waals surface area contributed by atoms with E-state index in [0.29, 0.717) is 29.6 Å². The first-order valence-corrected chi connectivity index (χ1v) is 10.2. The molecule has 0 aliphatic heterocycles. The molecule has 1 unspecified atom stereocenters. The molecule has 1 aromatic heterocycles. The van der Waals surface area contributed by atoms with E-state index in [0.717, 1.165) is 12.0 Å². The van der Waals surface area contributed by atoms with Gasteiger partial charge in [-0.05, 0) is 50.6 Å². The lowest BCUT2D eigenvalue weighted by Crippen LogP contribution is -2.43. The number of guanidine groups is 1. The highest BCUT2D eigenvalue weighted by atomic mass is 35.5. The molecular weight excluding hydrogens is 380 g/mol. The summed E-state index contributed by atoms with van der Waals surface area (Å²) >= 11 is 7.96. The second-order valence-corrected chi connectivity index (χ2v) is 8.32. The number of carbonyl (C=O) groups is 1. The molecule has 0 saturated carbocycles. The maximum absolute atomic E-state index is 12.1. The average molecular weight is 407 g/mol. The highest BCUT2D eigenvalue weighted by molar-refractivity contribution is 7.11. The lowest BCUT2D eigenvalue weighted by atomic mass is 10.2. The summed E-state index contributed by atoms with van der Waals surface area (Å²) in [5, 5.41) is 9.92. The highest BCUT2D eigenvalue weighted by Gasteiger charge is 2.09. The van der Waals surface area contributed by atoms with Crippen LogP contribution in [0.3, 0.4) is 0 Å². The molecule has 2 aromatic rings. The molecular formula is C20H27ClN4OS. The zero-order chi connectivity index (χ0) is 19.8. The SMILES string of the molecule is CN=C(NCCC(=O)Nc1ccc(C)cc1Cl)NC(C)Cc1ccc(C)s1. The summed E-state index contributed by atoms with van der Waals surface area (Å²) < 4.78 is 0. The number of hydrogen-bond donors (Lipinski definition) is 3. The number of halogens is 1. The van der Waals surface area contributed by atoms with Crippen molar-refractivity contribution >= 4 is 40.5 Å². The van der Waals surface area contributed by atoms with E-state index in [4.69, 9.17) is 11.6 Å². The van der Waals surface area contributed by atoms with Crippen molar-refractivity contribution in [3.05, 3.63) is 50.7 Å². The van der Waals surface area contributed by atoms with Gasteiger partial charge >= 0.3 is 0 Å². The lowest BCUT2D eigenvalue weighted by Gasteiger charge is -2.17.